The summed E-state index contributed by atoms with van der Waals surface area (Å²) in [5.74, 6) is -0.961. The summed E-state index contributed by atoms with van der Waals surface area (Å²) in [5, 5.41) is 5.63. The Morgan fingerprint density at radius 3 is 2.65 bits per heavy atom. The number of anilines is 1. The van der Waals surface area contributed by atoms with Gasteiger partial charge in [-0.3, -0.25) is 9.59 Å². The zero-order chi connectivity index (χ0) is 18.7. The van der Waals surface area contributed by atoms with Crippen molar-refractivity contribution in [2.24, 2.45) is 5.92 Å². The van der Waals surface area contributed by atoms with E-state index in [1.807, 2.05) is 18.2 Å². The number of hydrogen-bond donors (Lipinski definition) is 2. The largest absolute Gasteiger partial charge is 0.355 e. The van der Waals surface area contributed by atoms with E-state index in [-0.39, 0.29) is 24.2 Å². The van der Waals surface area contributed by atoms with Crippen LogP contribution in [0.1, 0.15) is 43.2 Å². The van der Waals surface area contributed by atoms with Gasteiger partial charge >= 0.3 is 0 Å². The molecule has 1 aliphatic heterocycles. The second-order valence-corrected chi connectivity index (χ2v) is 7.04. The van der Waals surface area contributed by atoms with Crippen LogP contribution in [0.5, 0.6) is 0 Å². The molecule has 26 heavy (non-hydrogen) atoms. The number of hydrogen-bond acceptors (Lipinski definition) is 2. The van der Waals surface area contributed by atoms with Crippen molar-refractivity contribution in [1.29, 1.82) is 0 Å². The molecular weight excluding hydrogens is 331 g/mol. The minimum Gasteiger partial charge on any atom is -0.355 e. The van der Waals surface area contributed by atoms with Crippen molar-refractivity contribution >= 4 is 17.5 Å². The van der Waals surface area contributed by atoms with Crippen LogP contribution in [0.4, 0.5) is 10.1 Å². The van der Waals surface area contributed by atoms with Gasteiger partial charge in [0, 0.05) is 24.6 Å². The summed E-state index contributed by atoms with van der Waals surface area (Å²) in [5.41, 5.74) is 2.21. The van der Waals surface area contributed by atoms with Crippen molar-refractivity contribution in [3.05, 3.63) is 65.5 Å². The van der Waals surface area contributed by atoms with Crippen molar-refractivity contribution in [1.82, 2.24) is 5.32 Å². The van der Waals surface area contributed by atoms with Crippen molar-refractivity contribution < 1.29 is 14.0 Å². The van der Waals surface area contributed by atoms with Crippen molar-refractivity contribution in [2.75, 3.05) is 11.9 Å². The number of rotatable bonds is 5. The summed E-state index contributed by atoms with van der Waals surface area (Å²) in [4.78, 5) is 24.7. The Balaban J connectivity index is 1.75. The smallest absolute Gasteiger partial charge is 0.228 e. The molecule has 5 heteroatoms. The summed E-state index contributed by atoms with van der Waals surface area (Å²) in [6.45, 7) is 4.74. The number of carbonyl (C=O) groups excluding carboxylic acids is 2. The Bertz CT molecular complexity index is 805. The second-order valence-electron chi connectivity index (χ2n) is 7.04. The van der Waals surface area contributed by atoms with E-state index in [4.69, 9.17) is 0 Å². The summed E-state index contributed by atoms with van der Waals surface area (Å²) in [7, 11) is 0. The van der Waals surface area contributed by atoms with E-state index in [0.29, 0.717) is 23.7 Å². The van der Waals surface area contributed by atoms with Crippen LogP contribution in [0.25, 0.3) is 0 Å². The van der Waals surface area contributed by atoms with Gasteiger partial charge < -0.3 is 10.6 Å². The molecule has 2 aromatic carbocycles. The highest BCUT2D eigenvalue weighted by Crippen LogP contribution is 2.33. The standard InChI is InChI=1S/C21H23FN2O2/c1-13(2)18(14-6-4-3-5-7-14)12-23-21(26)17-11-20(25)24-19-10-15(22)8-9-16(17)19/h3-10,13,17-18H,11-12H2,1-2H3,(H,23,26)(H,24,25). The van der Waals surface area contributed by atoms with Crippen LogP contribution in [-0.2, 0) is 9.59 Å². The van der Waals surface area contributed by atoms with Crippen LogP contribution in [0.15, 0.2) is 48.5 Å². The molecule has 2 aromatic rings. The van der Waals surface area contributed by atoms with E-state index in [1.54, 1.807) is 6.07 Å². The van der Waals surface area contributed by atoms with Crippen LogP contribution in [0.3, 0.4) is 0 Å². The van der Waals surface area contributed by atoms with Gasteiger partial charge in [-0.2, -0.15) is 0 Å². The lowest BCUT2D eigenvalue weighted by Gasteiger charge is -2.27. The van der Waals surface area contributed by atoms with Crippen LogP contribution >= 0.6 is 0 Å². The van der Waals surface area contributed by atoms with Gasteiger partial charge in [-0.25, -0.2) is 4.39 Å². The third-order valence-electron chi connectivity index (χ3n) is 4.90. The first kappa shape index (κ1) is 18.1. The molecule has 2 N–H and O–H groups in total. The predicted molar refractivity (Wildman–Crippen MR) is 99.4 cm³/mol. The monoisotopic (exact) mass is 354 g/mol. The van der Waals surface area contributed by atoms with Gasteiger partial charge in [0.25, 0.3) is 0 Å². The van der Waals surface area contributed by atoms with Gasteiger partial charge in [0.05, 0.1) is 5.92 Å². The summed E-state index contributed by atoms with van der Waals surface area (Å²) >= 11 is 0. The van der Waals surface area contributed by atoms with Crippen LogP contribution in [0.2, 0.25) is 0 Å². The second kappa shape index (κ2) is 7.68. The molecule has 3 rings (SSSR count). The number of benzene rings is 2. The average Bonchev–Trinajstić information content (AvgIpc) is 2.61. The Labute approximate surface area is 152 Å². The maximum atomic E-state index is 13.4. The Morgan fingerprint density at radius 2 is 1.96 bits per heavy atom. The maximum Gasteiger partial charge on any atom is 0.228 e. The number of nitrogens with one attached hydrogen (secondary N) is 2. The van der Waals surface area contributed by atoms with E-state index in [2.05, 4.69) is 36.6 Å². The molecule has 1 heterocycles. The van der Waals surface area contributed by atoms with Gasteiger partial charge in [-0.15, -0.1) is 0 Å². The molecule has 0 saturated carbocycles. The molecule has 2 unspecified atom stereocenters. The van der Waals surface area contributed by atoms with Crippen molar-refractivity contribution in [3.8, 4) is 0 Å². The topological polar surface area (TPSA) is 58.2 Å². The molecule has 0 aliphatic carbocycles. The number of amides is 2. The number of carbonyl (C=O) groups is 2. The summed E-state index contributed by atoms with van der Waals surface area (Å²) < 4.78 is 13.4. The zero-order valence-electron chi connectivity index (χ0n) is 15.0. The lowest BCUT2D eigenvalue weighted by Crippen LogP contribution is -2.37. The normalized spacial score (nSPS) is 17.4. The van der Waals surface area contributed by atoms with Gasteiger partial charge in [-0.1, -0.05) is 50.2 Å². The van der Waals surface area contributed by atoms with Crippen LogP contribution < -0.4 is 10.6 Å². The van der Waals surface area contributed by atoms with Gasteiger partial charge in [0.2, 0.25) is 11.8 Å². The molecule has 0 aromatic heterocycles. The number of halogens is 1. The van der Waals surface area contributed by atoms with E-state index in [1.165, 1.54) is 17.7 Å². The molecule has 0 fully saturated rings. The van der Waals surface area contributed by atoms with Gasteiger partial charge in [0.1, 0.15) is 5.82 Å². The van der Waals surface area contributed by atoms with Gasteiger partial charge in [-0.05, 0) is 29.2 Å². The first-order chi connectivity index (χ1) is 12.5. The van der Waals surface area contributed by atoms with Crippen molar-refractivity contribution in [2.45, 2.75) is 32.1 Å². The fraction of sp³-hybridized carbons (Fsp3) is 0.333. The lowest BCUT2D eigenvalue weighted by molar-refractivity contribution is -0.126. The van der Waals surface area contributed by atoms with E-state index in [0.717, 1.165) is 0 Å². The lowest BCUT2D eigenvalue weighted by atomic mass is 9.87. The molecule has 0 radical (unpaired) electrons. The number of fused-ring (bicyclic) bond motifs is 1. The fourth-order valence-electron chi connectivity index (χ4n) is 3.44. The molecule has 0 spiro atoms. The first-order valence-corrected chi connectivity index (χ1v) is 8.87. The maximum absolute atomic E-state index is 13.4. The SMILES string of the molecule is CC(C)C(CNC(=O)C1CC(=O)Nc2cc(F)ccc21)c1ccccc1. The highest BCUT2D eigenvalue weighted by molar-refractivity contribution is 6.01. The predicted octanol–water partition coefficient (Wildman–Crippen LogP) is 3.81. The average molecular weight is 354 g/mol. The van der Waals surface area contributed by atoms with Gasteiger partial charge in [0.15, 0.2) is 0 Å². The van der Waals surface area contributed by atoms with Crippen LogP contribution in [-0.4, -0.2) is 18.4 Å². The molecule has 1 aliphatic rings. The quantitative estimate of drug-likeness (QED) is 0.858. The molecule has 0 saturated heterocycles. The zero-order valence-corrected chi connectivity index (χ0v) is 15.0. The third-order valence-corrected chi connectivity index (χ3v) is 4.90. The van der Waals surface area contributed by atoms with Crippen LogP contribution in [0, 0.1) is 11.7 Å². The molecular formula is C21H23FN2O2. The molecule has 0 bridgehead atoms. The Morgan fingerprint density at radius 1 is 1.23 bits per heavy atom. The third kappa shape index (κ3) is 3.93. The highest BCUT2D eigenvalue weighted by Gasteiger charge is 2.31. The van der Waals surface area contributed by atoms with E-state index >= 15 is 0 Å². The van der Waals surface area contributed by atoms with Crippen molar-refractivity contribution in [3.63, 3.8) is 0 Å². The fourth-order valence-corrected chi connectivity index (χ4v) is 3.44. The van der Waals surface area contributed by atoms with E-state index in [9.17, 15) is 14.0 Å². The highest BCUT2D eigenvalue weighted by atomic mass is 19.1. The molecule has 4 nitrogen and oxygen atoms in total. The molecule has 2 atom stereocenters. The summed E-state index contributed by atoms with van der Waals surface area (Å²) in [6.07, 6.45) is 0.0716. The molecule has 136 valence electrons. The summed E-state index contributed by atoms with van der Waals surface area (Å²) in [6, 6.07) is 14.2. The van der Waals surface area contributed by atoms with E-state index < -0.39 is 11.7 Å². The minimum absolute atomic E-state index is 0.0716. The Kier molecular flexibility index (Phi) is 5.35. The first-order valence-electron chi connectivity index (χ1n) is 8.87. The molecule has 2 amide bonds. The Hall–Kier alpha value is -2.69. The minimum atomic E-state index is -0.595.